The van der Waals surface area contributed by atoms with Gasteiger partial charge in [-0.25, -0.2) is 9.59 Å². The maximum absolute atomic E-state index is 12.5. The van der Waals surface area contributed by atoms with Crippen LogP contribution in [0.25, 0.3) is 0 Å². The molecule has 1 aromatic heterocycles. The number of hydrogen-bond donors (Lipinski definition) is 0. The highest BCUT2D eigenvalue weighted by Crippen LogP contribution is 2.23. The van der Waals surface area contributed by atoms with Crippen LogP contribution in [0.2, 0.25) is 0 Å². The van der Waals surface area contributed by atoms with Gasteiger partial charge in [-0.3, -0.25) is 4.79 Å². The molecule has 1 saturated heterocycles. The number of carbonyl (C=O) groups is 3. The average molecular weight is 429 g/mol. The second-order valence-corrected chi connectivity index (χ2v) is 7.57. The Morgan fingerprint density at radius 3 is 2.35 bits per heavy atom. The minimum atomic E-state index is -0.578. The normalized spacial score (nSPS) is 18.4. The number of ether oxygens (including phenoxy) is 3. The van der Waals surface area contributed by atoms with Gasteiger partial charge < -0.3 is 23.5 Å². The van der Waals surface area contributed by atoms with Crippen LogP contribution < -0.4 is 4.74 Å². The summed E-state index contributed by atoms with van der Waals surface area (Å²) in [6, 6.07) is 8.21. The van der Waals surface area contributed by atoms with E-state index in [1.54, 1.807) is 24.3 Å². The van der Waals surface area contributed by atoms with Gasteiger partial charge in [-0.15, -0.1) is 0 Å². The molecule has 0 saturated carbocycles. The highest BCUT2D eigenvalue weighted by Gasteiger charge is 2.29. The smallest absolute Gasteiger partial charge is 0.341 e. The Balaban J connectivity index is 1.51. The molecule has 1 aliphatic rings. The molecule has 0 aliphatic carbocycles. The van der Waals surface area contributed by atoms with Gasteiger partial charge in [-0.1, -0.05) is 0 Å². The van der Waals surface area contributed by atoms with Crippen molar-refractivity contribution in [2.45, 2.75) is 51.8 Å². The van der Waals surface area contributed by atoms with Crippen LogP contribution in [0.15, 0.2) is 41.0 Å². The summed E-state index contributed by atoms with van der Waals surface area (Å²) in [4.78, 5) is 38.3. The third-order valence-electron chi connectivity index (χ3n) is 5.42. The summed E-state index contributed by atoms with van der Waals surface area (Å²) in [6.45, 7) is 3.87. The standard InChI is InChI=1S/C23H27NO7/c1-15-5-4-6-16(2)24(15)21(25)14-30-18-9-7-17(8-10-18)22(26)31-13-20-19(11-12-29-20)23(27)28-3/h7-12,15-16H,4-6,13-14H2,1-3H3. The molecule has 0 N–H and O–H groups in total. The van der Waals surface area contributed by atoms with Crippen molar-refractivity contribution in [2.24, 2.45) is 0 Å². The Kier molecular flexibility index (Phi) is 7.33. The van der Waals surface area contributed by atoms with Crippen molar-refractivity contribution in [3.05, 3.63) is 53.5 Å². The predicted octanol–water partition coefficient (Wildman–Crippen LogP) is 3.59. The highest BCUT2D eigenvalue weighted by molar-refractivity contribution is 5.91. The first-order valence-electron chi connectivity index (χ1n) is 10.3. The van der Waals surface area contributed by atoms with Gasteiger partial charge in [0.2, 0.25) is 0 Å². The summed E-state index contributed by atoms with van der Waals surface area (Å²) in [6.07, 6.45) is 4.47. The molecule has 2 atom stereocenters. The van der Waals surface area contributed by atoms with Crippen molar-refractivity contribution in [3.8, 4) is 5.75 Å². The van der Waals surface area contributed by atoms with Crippen molar-refractivity contribution in [2.75, 3.05) is 13.7 Å². The second kappa shape index (κ2) is 10.1. The van der Waals surface area contributed by atoms with E-state index >= 15 is 0 Å². The van der Waals surface area contributed by atoms with Crippen LogP contribution in [0.3, 0.4) is 0 Å². The monoisotopic (exact) mass is 429 g/mol. The fourth-order valence-corrected chi connectivity index (χ4v) is 3.78. The zero-order valence-electron chi connectivity index (χ0n) is 18.0. The highest BCUT2D eigenvalue weighted by atomic mass is 16.5. The number of furan rings is 1. The fraction of sp³-hybridized carbons (Fsp3) is 0.435. The van der Waals surface area contributed by atoms with Gasteiger partial charge in [-0.2, -0.15) is 0 Å². The SMILES string of the molecule is COC(=O)c1ccoc1COC(=O)c1ccc(OCC(=O)N2C(C)CCCC2C)cc1. The first-order chi connectivity index (χ1) is 14.9. The summed E-state index contributed by atoms with van der Waals surface area (Å²) in [5, 5.41) is 0. The molecule has 1 aromatic carbocycles. The summed E-state index contributed by atoms with van der Waals surface area (Å²) in [7, 11) is 1.26. The number of carbonyl (C=O) groups excluding carboxylic acids is 3. The van der Waals surface area contributed by atoms with Crippen molar-refractivity contribution < 1.29 is 33.0 Å². The van der Waals surface area contributed by atoms with Gasteiger partial charge >= 0.3 is 11.9 Å². The van der Waals surface area contributed by atoms with E-state index in [0.29, 0.717) is 11.3 Å². The quantitative estimate of drug-likeness (QED) is 0.621. The molecule has 0 bridgehead atoms. The molecule has 8 heteroatoms. The first-order valence-corrected chi connectivity index (χ1v) is 10.3. The molecular formula is C23H27NO7. The van der Waals surface area contributed by atoms with E-state index in [-0.39, 0.29) is 42.5 Å². The van der Waals surface area contributed by atoms with Gasteiger partial charge in [0.15, 0.2) is 19.0 Å². The van der Waals surface area contributed by atoms with Gasteiger partial charge in [0, 0.05) is 12.1 Å². The molecule has 8 nitrogen and oxygen atoms in total. The third kappa shape index (κ3) is 5.45. The first kappa shape index (κ1) is 22.4. The van der Waals surface area contributed by atoms with E-state index in [4.69, 9.17) is 13.9 Å². The molecule has 3 rings (SSSR count). The predicted molar refractivity (Wildman–Crippen MR) is 111 cm³/mol. The molecule has 2 unspecified atom stereocenters. The molecule has 2 heterocycles. The number of amides is 1. The lowest BCUT2D eigenvalue weighted by atomic mass is 9.97. The van der Waals surface area contributed by atoms with Gasteiger partial charge in [-0.05, 0) is 63.4 Å². The van der Waals surface area contributed by atoms with Gasteiger partial charge in [0.25, 0.3) is 5.91 Å². The fourth-order valence-electron chi connectivity index (χ4n) is 3.78. The Bertz CT molecular complexity index is 908. The minimum absolute atomic E-state index is 0.0388. The van der Waals surface area contributed by atoms with Crippen LogP contribution >= 0.6 is 0 Å². The molecule has 0 spiro atoms. The van der Waals surface area contributed by atoms with E-state index in [2.05, 4.69) is 18.6 Å². The molecule has 2 aromatic rings. The summed E-state index contributed by atoms with van der Waals surface area (Å²) in [5.74, 6) is -0.487. The molecule has 1 aliphatic heterocycles. The number of hydrogen-bond acceptors (Lipinski definition) is 7. The maximum Gasteiger partial charge on any atom is 0.341 e. The van der Waals surface area contributed by atoms with Gasteiger partial charge in [0.1, 0.15) is 11.3 Å². The minimum Gasteiger partial charge on any atom is -0.484 e. The maximum atomic E-state index is 12.5. The van der Waals surface area contributed by atoms with Crippen molar-refractivity contribution in [3.63, 3.8) is 0 Å². The summed E-state index contributed by atoms with van der Waals surface area (Å²) in [5.41, 5.74) is 0.518. The van der Waals surface area contributed by atoms with Crippen LogP contribution in [-0.2, 0) is 20.9 Å². The van der Waals surface area contributed by atoms with Crippen molar-refractivity contribution in [1.29, 1.82) is 0 Å². The molecule has 166 valence electrons. The zero-order chi connectivity index (χ0) is 22.4. The lowest BCUT2D eigenvalue weighted by molar-refractivity contribution is -0.139. The number of nitrogens with zero attached hydrogens (tertiary/aromatic N) is 1. The lowest BCUT2D eigenvalue weighted by Gasteiger charge is -2.38. The molecule has 31 heavy (non-hydrogen) atoms. The van der Waals surface area contributed by atoms with Gasteiger partial charge in [0.05, 0.1) is 18.9 Å². The van der Waals surface area contributed by atoms with Crippen LogP contribution in [0.4, 0.5) is 0 Å². The third-order valence-corrected chi connectivity index (χ3v) is 5.42. The topological polar surface area (TPSA) is 95.3 Å². The molecule has 1 amide bonds. The summed E-state index contributed by atoms with van der Waals surface area (Å²) < 4.78 is 20.7. The zero-order valence-corrected chi connectivity index (χ0v) is 18.0. The number of likely N-dealkylation sites (tertiary alicyclic amines) is 1. The summed E-state index contributed by atoms with van der Waals surface area (Å²) >= 11 is 0. The lowest BCUT2D eigenvalue weighted by Crippen LogP contribution is -2.49. The average Bonchev–Trinajstić information content (AvgIpc) is 3.24. The van der Waals surface area contributed by atoms with E-state index < -0.39 is 11.9 Å². The van der Waals surface area contributed by atoms with E-state index in [1.165, 1.54) is 19.4 Å². The Labute approximate surface area is 181 Å². The number of esters is 2. The number of piperidine rings is 1. The van der Waals surface area contributed by atoms with E-state index in [1.807, 2.05) is 4.90 Å². The number of methoxy groups -OCH3 is 1. The molecular weight excluding hydrogens is 402 g/mol. The Morgan fingerprint density at radius 2 is 1.71 bits per heavy atom. The Morgan fingerprint density at radius 1 is 1.03 bits per heavy atom. The number of rotatable bonds is 7. The second-order valence-electron chi connectivity index (χ2n) is 7.57. The Hall–Kier alpha value is -3.29. The number of benzene rings is 1. The van der Waals surface area contributed by atoms with E-state index in [9.17, 15) is 14.4 Å². The van der Waals surface area contributed by atoms with Crippen LogP contribution in [0, 0.1) is 0 Å². The van der Waals surface area contributed by atoms with Crippen LogP contribution in [0.5, 0.6) is 5.75 Å². The van der Waals surface area contributed by atoms with Crippen LogP contribution in [-0.4, -0.2) is 48.5 Å². The van der Waals surface area contributed by atoms with E-state index in [0.717, 1.165) is 19.3 Å². The molecule has 1 fully saturated rings. The van der Waals surface area contributed by atoms with Crippen molar-refractivity contribution >= 4 is 17.8 Å². The van der Waals surface area contributed by atoms with Crippen LogP contribution in [0.1, 0.15) is 59.6 Å². The van der Waals surface area contributed by atoms with Crippen molar-refractivity contribution in [1.82, 2.24) is 4.90 Å². The molecule has 0 radical (unpaired) electrons. The largest absolute Gasteiger partial charge is 0.484 e.